The molecule has 2 fully saturated rings. The first-order valence-corrected chi connectivity index (χ1v) is 12.2. The molecule has 35 heavy (non-hydrogen) atoms. The first-order chi connectivity index (χ1) is 17.3. The van der Waals surface area contributed by atoms with Gasteiger partial charge in [-0.15, -0.1) is 0 Å². The molecule has 0 N–H and O–H groups in total. The summed E-state index contributed by atoms with van der Waals surface area (Å²) in [5, 5.41) is 0. The van der Waals surface area contributed by atoms with E-state index in [4.69, 9.17) is 18.9 Å². The molecule has 0 spiro atoms. The van der Waals surface area contributed by atoms with E-state index < -0.39 is 5.41 Å². The van der Waals surface area contributed by atoms with Gasteiger partial charge in [-0.3, -0.25) is 0 Å². The van der Waals surface area contributed by atoms with E-state index in [2.05, 4.69) is 97.1 Å². The van der Waals surface area contributed by atoms with Crippen molar-refractivity contribution in [1.82, 2.24) is 0 Å². The Bertz CT molecular complexity index is 1310. The second kappa shape index (κ2) is 8.26. The van der Waals surface area contributed by atoms with E-state index in [9.17, 15) is 0 Å². The van der Waals surface area contributed by atoms with Gasteiger partial charge < -0.3 is 18.9 Å². The first-order valence-electron chi connectivity index (χ1n) is 12.2. The fourth-order valence-electron chi connectivity index (χ4n) is 5.44. The van der Waals surface area contributed by atoms with Crippen LogP contribution in [0.25, 0.3) is 11.1 Å². The molecule has 0 aromatic heterocycles. The second-order valence-electron chi connectivity index (χ2n) is 9.43. The summed E-state index contributed by atoms with van der Waals surface area (Å²) < 4.78 is 22.6. The molecule has 4 nitrogen and oxygen atoms in total. The van der Waals surface area contributed by atoms with Crippen LogP contribution in [0.4, 0.5) is 0 Å². The highest BCUT2D eigenvalue weighted by Gasteiger charge is 2.45. The highest BCUT2D eigenvalue weighted by molar-refractivity contribution is 5.86. The van der Waals surface area contributed by atoms with Gasteiger partial charge in [0.25, 0.3) is 0 Å². The summed E-state index contributed by atoms with van der Waals surface area (Å²) in [6.07, 6.45) is 0.387. The molecule has 1 unspecified atom stereocenters. The predicted molar refractivity (Wildman–Crippen MR) is 134 cm³/mol. The summed E-state index contributed by atoms with van der Waals surface area (Å²) in [7, 11) is 0. The van der Waals surface area contributed by atoms with Crippen molar-refractivity contribution in [2.24, 2.45) is 0 Å². The van der Waals surface area contributed by atoms with Crippen LogP contribution in [0.3, 0.4) is 0 Å². The molecule has 174 valence electrons. The molecule has 0 amide bonds. The van der Waals surface area contributed by atoms with Crippen molar-refractivity contribution in [3.63, 3.8) is 0 Å². The molecule has 0 radical (unpaired) electrons. The fraction of sp³-hybridized carbons (Fsp3) is 0.226. The lowest BCUT2D eigenvalue weighted by Gasteiger charge is -2.34. The molecule has 0 saturated carbocycles. The Balaban J connectivity index is 1.37. The maximum absolute atomic E-state index is 6.06. The van der Waals surface area contributed by atoms with E-state index >= 15 is 0 Å². The number of fused-ring (bicyclic) bond motifs is 3. The van der Waals surface area contributed by atoms with E-state index in [1.54, 1.807) is 0 Å². The normalized spacial score (nSPS) is 19.4. The van der Waals surface area contributed by atoms with Crippen molar-refractivity contribution in [2.75, 3.05) is 26.4 Å². The van der Waals surface area contributed by atoms with Crippen LogP contribution in [-0.2, 0) is 14.9 Å². The number of hydrogen-bond acceptors (Lipinski definition) is 4. The summed E-state index contributed by atoms with van der Waals surface area (Å²) in [4.78, 5) is 0. The van der Waals surface area contributed by atoms with Crippen LogP contribution in [0.2, 0.25) is 0 Å². The molecule has 4 aromatic carbocycles. The molecule has 1 aliphatic carbocycles. The average molecular weight is 463 g/mol. The van der Waals surface area contributed by atoms with Gasteiger partial charge in [0.2, 0.25) is 0 Å². The van der Waals surface area contributed by atoms with Crippen LogP contribution < -0.4 is 9.47 Å². The summed E-state index contributed by atoms with van der Waals surface area (Å²) in [6.45, 7) is 2.72. The van der Waals surface area contributed by atoms with E-state index in [1.165, 1.54) is 33.4 Å². The van der Waals surface area contributed by atoms with Gasteiger partial charge >= 0.3 is 0 Å². The Hall–Kier alpha value is -3.60. The SMILES string of the molecule is c1ccc2c(c1)-c1ccccc1C2(c1ccc(OCC2CO2)cc1)c1ccc(OC2COC2)cc1. The number of epoxide rings is 1. The highest BCUT2D eigenvalue weighted by Crippen LogP contribution is 2.56. The van der Waals surface area contributed by atoms with Crippen molar-refractivity contribution in [1.29, 1.82) is 0 Å². The van der Waals surface area contributed by atoms with Gasteiger partial charge in [-0.2, -0.15) is 0 Å². The Morgan fingerprint density at radius 1 is 0.657 bits per heavy atom. The minimum absolute atomic E-state index is 0.149. The third-order valence-electron chi connectivity index (χ3n) is 7.28. The Morgan fingerprint density at radius 3 is 1.71 bits per heavy atom. The van der Waals surface area contributed by atoms with Gasteiger partial charge in [-0.25, -0.2) is 0 Å². The van der Waals surface area contributed by atoms with Gasteiger partial charge in [-0.1, -0.05) is 72.8 Å². The standard InChI is InChI=1S/C31H26O4/c1-3-7-29-27(5-1)28-6-2-4-8-30(28)31(29,21-9-13-23(14-10-21)33-19-25-20-34-25)22-11-15-24(16-12-22)35-26-17-32-18-26/h1-16,25-26H,17-20H2. The van der Waals surface area contributed by atoms with Crippen molar-refractivity contribution in [3.8, 4) is 22.6 Å². The van der Waals surface area contributed by atoms with E-state index in [1.807, 2.05) is 0 Å². The highest BCUT2D eigenvalue weighted by atomic mass is 16.6. The lowest BCUT2D eigenvalue weighted by molar-refractivity contribution is -0.0796. The van der Waals surface area contributed by atoms with Crippen LogP contribution >= 0.6 is 0 Å². The van der Waals surface area contributed by atoms with E-state index in [0.717, 1.165) is 18.1 Å². The average Bonchev–Trinajstić information content (AvgIpc) is 3.67. The Labute approximate surface area is 205 Å². The van der Waals surface area contributed by atoms with Gasteiger partial charge in [-0.05, 0) is 57.6 Å². The number of rotatable bonds is 7. The molecule has 1 atom stereocenters. The van der Waals surface area contributed by atoms with Crippen molar-refractivity contribution in [3.05, 3.63) is 119 Å². The number of ether oxygens (including phenoxy) is 4. The smallest absolute Gasteiger partial charge is 0.145 e. The topological polar surface area (TPSA) is 40.2 Å². The molecule has 3 aliphatic rings. The minimum Gasteiger partial charge on any atom is -0.491 e. The fourth-order valence-corrected chi connectivity index (χ4v) is 5.44. The van der Waals surface area contributed by atoms with E-state index in [0.29, 0.717) is 19.8 Å². The summed E-state index contributed by atoms with van der Waals surface area (Å²) >= 11 is 0. The van der Waals surface area contributed by atoms with Crippen LogP contribution in [0.5, 0.6) is 11.5 Å². The lowest BCUT2D eigenvalue weighted by atomic mass is 9.68. The summed E-state index contributed by atoms with van der Waals surface area (Å²) in [5.74, 6) is 1.74. The molecule has 4 aromatic rings. The molecule has 7 rings (SSSR count). The van der Waals surface area contributed by atoms with Crippen LogP contribution in [0.15, 0.2) is 97.1 Å². The predicted octanol–water partition coefficient (Wildman–Crippen LogP) is 5.60. The van der Waals surface area contributed by atoms with Gasteiger partial charge in [0, 0.05) is 0 Å². The molecular weight excluding hydrogens is 436 g/mol. The first kappa shape index (κ1) is 20.7. The quantitative estimate of drug-likeness (QED) is 0.295. The summed E-state index contributed by atoms with van der Waals surface area (Å²) in [5.41, 5.74) is 7.15. The number of hydrogen-bond donors (Lipinski definition) is 0. The van der Waals surface area contributed by atoms with E-state index in [-0.39, 0.29) is 12.2 Å². The van der Waals surface area contributed by atoms with Crippen molar-refractivity contribution in [2.45, 2.75) is 17.6 Å². The second-order valence-corrected chi connectivity index (χ2v) is 9.43. The molecule has 2 aliphatic heterocycles. The van der Waals surface area contributed by atoms with Crippen LogP contribution in [-0.4, -0.2) is 38.6 Å². The Kier molecular flexibility index (Phi) is 4.90. The summed E-state index contributed by atoms with van der Waals surface area (Å²) in [6, 6.07) is 34.7. The third kappa shape index (κ3) is 3.44. The Morgan fingerprint density at radius 2 is 1.20 bits per heavy atom. The zero-order chi connectivity index (χ0) is 23.2. The lowest BCUT2D eigenvalue weighted by Crippen LogP contribution is -2.38. The van der Waals surface area contributed by atoms with Crippen LogP contribution in [0, 0.1) is 0 Å². The maximum atomic E-state index is 6.06. The van der Waals surface area contributed by atoms with Gasteiger partial charge in [0.05, 0.1) is 25.2 Å². The largest absolute Gasteiger partial charge is 0.491 e. The minimum atomic E-state index is -0.427. The maximum Gasteiger partial charge on any atom is 0.145 e. The molecule has 2 saturated heterocycles. The molecule has 0 bridgehead atoms. The number of benzene rings is 4. The third-order valence-corrected chi connectivity index (χ3v) is 7.28. The monoisotopic (exact) mass is 462 g/mol. The zero-order valence-corrected chi connectivity index (χ0v) is 19.4. The van der Waals surface area contributed by atoms with Gasteiger partial charge in [0.15, 0.2) is 0 Å². The zero-order valence-electron chi connectivity index (χ0n) is 19.4. The van der Waals surface area contributed by atoms with Gasteiger partial charge in [0.1, 0.15) is 30.3 Å². The molecular formula is C31H26O4. The molecule has 2 heterocycles. The van der Waals surface area contributed by atoms with Crippen molar-refractivity contribution < 1.29 is 18.9 Å². The van der Waals surface area contributed by atoms with Crippen molar-refractivity contribution >= 4 is 0 Å². The van der Waals surface area contributed by atoms with Crippen LogP contribution in [0.1, 0.15) is 22.3 Å². The molecule has 4 heteroatoms.